The lowest BCUT2D eigenvalue weighted by atomic mass is 10.1. The number of allylic oxidation sites excluding steroid dienone is 2. The van der Waals surface area contributed by atoms with Gasteiger partial charge in [0, 0.05) is 34.0 Å². The summed E-state index contributed by atoms with van der Waals surface area (Å²) in [5.41, 5.74) is 1.97. The van der Waals surface area contributed by atoms with Gasteiger partial charge in [-0.2, -0.15) is 0 Å². The number of carbonyl (C=O) groups is 2. The van der Waals surface area contributed by atoms with Gasteiger partial charge in [-0.3, -0.25) is 9.59 Å². The summed E-state index contributed by atoms with van der Waals surface area (Å²) in [6.45, 7) is 6.04. The molecule has 0 fully saturated rings. The van der Waals surface area contributed by atoms with E-state index < -0.39 is 0 Å². The van der Waals surface area contributed by atoms with Crippen LogP contribution in [0.3, 0.4) is 0 Å². The van der Waals surface area contributed by atoms with Gasteiger partial charge in [-0.25, -0.2) is 0 Å². The molecule has 0 aromatic rings. The Bertz CT molecular complexity index is 630. The van der Waals surface area contributed by atoms with Crippen LogP contribution in [0.15, 0.2) is 21.0 Å². The van der Waals surface area contributed by atoms with E-state index >= 15 is 0 Å². The summed E-state index contributed by atoms with van der Waals surface area (Å²) in [5.74, 6) is 0.262. The number of nitrogens with one attached hydrogen (secondary N) is 2. The number of hydrogen-bond donors (Lipinski definition) is 2. The summed E-state index contributed by atoms with van der Waals surface area (Å²) in [5, 5.41) is 6.30. The molecule has 0 bridgehead atoms. The lowest BCUT2D eigenvalue weighted by Crippen LogP contribution is -2.26. The molecule has 0 aromatic heterocycles. The Morgan fingerprint density at radius 2 is 0.971 bits per heavy atom. The third-order valence-electron chi connectivity index (χ3n) is 6.76. The van der Waals surface area contributed by atoms with Crippen LogP contribution < -0.4 is 10.6 Å². The molecule has 0 heterocycles. The molecule has 4 nitrogen and oxygen atoms in total. The van der Waals surface area contributed by atoms with Gasteiger partial charge in [-0.05, 0) is 51.4 Å². The molecule has 0 aromatic carbocycles. The largest absolute Gasteiger partial charge is 0.352 e. The predicted octanol–water partition coefficient (Wildman–Crippen LogP) is 8.20. The van der Waals surface area contributed by atoms with Gasteiger partial charge in [0.15, 0.2) is 0 Å². The highest BCUT2D eigenvalue weighted by Crippen LogP contribution is 2.48. The van der Waals surface area contributed by atoms with Crippen LogP contribution in [0, 0.1) is 0 Å². The quantitative estimate of drug-likeness (QED) is 0.136. The summed E-state index contributed by atoms with van der Waals surface area (Å²) in [4.78, 5) is 27.9. The van der Waals surface area contributed by atoms with Crippen LogP contribution in [-0.4, -0.2) is 24.9 Å². The smallest absolute Gasteiger partial charge is 0.248 e. The first-order valence-electron chi connectivity index (χ1n) is 14.0. The minimum absolute atomic E-state index is 0.131. The van der Waals surface area contributed by atoms with Crippen molar-refractivity contribution in [2.75, 3.05) is 13.1 Å². The van der Waals surface area contributed by atoms with Crippen LogP contribution in [0.4, 0.5) is 0 Å². The van der Waals surface area contributed by atoms with E-state index in [2.05, 4.69) is 24.5 Å². The van der Waals surface area contributed by atoms with E-state index in [-0.39, 0.29) is 11.8 Å². The van der Waals surface area contributed by atoms with E-state index in [0.717, 1.165) is 75.6 Å². The zero-order chi connectivity index (χ0) is 24.4. The number of unbranched alkanes of at least 4 members (excludes halogenated alkanes) is 10. The fourth-order valence-electron chi connectivity index (χ4n) is 4.62. The zero-order valence-corrected chi connectivity index (χ0v) is 23.4. The van der Waals surface area contributed by atoms with Gasteiger partial charge >= 0.3 is 0 Å². The molecule has 0 unspecified atom stereocenters. The molecule has 6 heteroatoms. The molecule has 0 saturated carbocycles. The van der Waals surface area contributed by atoms with Gasteiger partial charge in [-0.15, -0.1) is 0 Å². The molecule has 34 heavy (non-hydrogen) atoms. The van der Waals surface area contributed by atoms with Crippen molar-refractivity contribution < 1.29 is 9.59 Å². The van der Waals surface area contributed by atoms with Crippen molar-refractivity contribution in [2.45, 2.75) is 129 Å². The molecule has 2 rings (SSSR count). The number of carbonyl (C=O) groups excluding carboxylic acids is 2. The Balaban J connectivity index is 1.73. The van der Waals surface area contributed by atoms with Crippen molar-refractivity contribution in [1.82, 2.24) is 10.6 Å². The first kappa shape index (κ1) is 29.4. The van der Waals surface area contributed by atoms with Crippen molar-refractivity contribution in [1.29, 1.82) is 0 Å². The Morgan fingerprint density at radius 3 is 1.38 bits per heavy atom. The van der Waals surface area contributed by atoms with Crippen LogP contribution in [0.5, 0.6) is 0 Å². The first-order valence-corrected chi connectivity index (χ1v) is 16.2. The molecule has 0 atom stereocenters. The molecular formula is C28H48N2O2S2. The Hall–Kier alpha value is -0.880. The van der Waals surface area contributed by atoms with Crippen molar-refractivity contribution in [3.05, 3.63) is 21.0 Å². The van der Waals surface area contributed by atoms with Gasteiger partial charge in [-0.1, -0.05) is 99.6 Å². The lowest BCUT2D eigenvalue weighted by molar-refractivity contribution is -0.118. The first-order chi connectivity index (χ1) is 16.7. The fraction of sp³-hybridized carbons (Fsp3) is 0.786. The maximum atomic E-state index is 12.7. The number of rotatable bonds is 19. The summed E-state index contributed by atoms with van der Waals surface area (Å²) in [6.07, 6.45) is 20.8. The van der Waals surface area contributed by atoms with Gasteiger partial charge in [0.2, 0.25) is 11.8 Å². The average Bonchev–Trinajstić information content (AvgIpc) is 3.51. The highest BCUT2D eigenvalue weighted by atomic mass is 33.1. The van der Waals surface area contributed by atoms with E-state index in [0.29, 0.717) is 0 Å². The van der Waals surface area contributed by atoms with Gasteiger partial charge in [0.1, 0.15) is 0 Å². The van der Waals surface area contributed by atoms with Crippen LogP contribution in [0.2, 0.25) is 0 Å². The summed E-state index contributed by atoms with van der Waals surface area (Å²) in [7, 11) is 3.46. The lowest BCUT2D eigenvalue weighted by Gasteiger charge is -2.10. The van der Waals surface area contributed by atoms with E-state index in [4.69, 9.17) is 0 Å². The van der Waals surface area contributed by atoms with E-state index in [1.807, 2.05) is 0 Å². The van der Waals surface area contributed by atoms with Crippen molar-refractivity contribution in [3.8, 4) is 0 Å². The molecule has 2 N–H and O–H groups in total. The molecule has 0 radical (unpaired) electrons. The monoisotopic (exact) mass is 508 g/mol. The Labute approximate surface area is 216 Å². The molecule has 2 aliphatic carbocycles. The Kier molecular flexibility index (Phi) is 15.9. The highest BCUT2D eigenvalue weighted by molar-refractivity contribution is 8.79. The maximum absolute atomic E-state index is 12.7. The molecule has 2 aliphatic rings. The van der Waals surface area contributed by atoms with E-state index in [1.165, 1.54) is 74.0 Å². The average molecular weight is 509 g/mol. The minimum Gasteiger partial charge on any atom is -0.352 e. The normalized spacial score (nSPS) is 15.9. The summed E-state index contributed by atoms with van der Waals surface area (Å²) in [6, 6.07) is 0. The standard InChI is InChI=1S/C28H48N2O2S2/c1-3-5-7-9-11-13-21-29-27(31)23-17-15-19-25(23)33-34-26-20-16-18-24(26)28(32)30-22-14-12-10-8-6-4-2/h3-22H2,1-2H3,(H,29,31)(H,30,32). The van der Waals surface area contributed by atoms with Gasteiger partial charge in [0.05, 0.1) is 0 Å². The summed E-state index contributed by atoms with van der Waals surface area (Å²) >= 11 is 0. The summed E-state index contributed by atoms with van der Waals surface area (Å²) < 4.78 is 0. The Morgan fingerprint density at radius 1 is 0.588 bits per heavy atom. The molecule has 0 saturated heterocycles. The highest BCUT2D eigenvalue weighted by Gasteiger charge is 2.25. The maximum Gasteiger partial charge on any atom is 0.248 e. The van der Waals surface area contributed by atoms with Crippen LogP contribution in [0.25, 0.3) is 0 Å². The molecular weight excluding hydrogens is 460 g/mol. The van der Waals surface area contributed by atoms with Gasteiger partial charge < -0.3 is 10.6 Å². The van der Waals surface area contributed by atoms with Crippen LogP contribution in [-0.2, 0) is 9.59 Å². The predicted molar refractivity (Wildman–Crippen MR) is 150 cm³/mol. The van der Waals surface area contributed by atoms with Crippen LogP contribution >= 0.6 is 21.6 Å². The second kappa shape index (κ2) is 18.4. The second-order valence-electron chi connectivity index (χ2n) is 9.72. The minimum atomic E-state index is 0.131. The molecule has 2 amide bonds. The number of hydrogen-bond acceptors (Lipinski definition) is 4. The van der Waals surface area contributed by atoms with Crippen LogP contribution in [0.1, 0.15) is 129 Å². The third kappa shape index (κ3) is 11.2. The van der Waals surface area contributed by atoms with Crippen molar-refractivity contribution in [2.24, 2.45) is 0 Å². The van der Waals surface area contributed by atoms with Gasteiger partial charge in [0.25, 0.3) is 0 Å². The van der Waals surface area contributed by atoms with E-state index in [9.17, 15) is 9.59 Å². The molecule has 0 spiro atoms. The second-order valence-corrected chi connectivity index (χ2v) is 12.0. The number of amides is 2. The fourth-order valence-corrected chi connectivity index (χ4v) is 7.58. The van der Waals surface area contributed by atoms with Crippen molar-refractivity contribution in [3.63, 3.8) is 0 Å². The SMILES string of the molecule is CCCCCCCCNC(=O)C1=C(SSC2=C(C(=O)NCCCCCCCC)CCC2)CCC1. The van der Waals surface area contributed by atoms with Crippen molar-refractivity contribution >= 4 is 33.4 Å². The third-order valence-corrected chi connectivity index (χ3v) is 9.60. The van der Waals surface area contributed by atoms with E-state index in [1.54, 1.807) is 21.6 Å². The molecule has 0 aliphatic heterocycles. The molecule has 194 valence electrons. The zero-order valence-electron chi connectivity index (χ0n) is 21.8. The topological polar surface area (TPSA) is 58.2 Å².